The van der Waals surface area contributed by atoms with Crippen LogP contribution in [0.1, 0.15) is 49.8 Å². The summed E-state index contributed by atoms with van der Waals surface area (Å²) in [6.07, 6.45) is 5.80. The maximum absolute atomic E-state index is 14.0. The van der Waals surface area contributed by atoms with E-state index in [0.29, 0.717) is 44.2 Å². The second-order valence-corrected chi connectivity index (χ2v) is 12.3. The summed E-state index contributed by atoms with van der Waals surface area (Å²) >= 11 is 0. The number of imidazole rings is 1. The first-order chi connectivity index (χ1) is 23.3. The molecule has 1 aliphatic carbocycles. The van der Waals surface area contributed by atoms with Gasteiger partial charge in [0.1, 0.15) is 23.9 Å². The van der Waals surface area contributed by atoms with E-state index in [1.54, 1.807) is 42.5 Å². The second kappa shape index (κ2) is 18.8. The van der Waals surface area contributed by atoms with Crippen LogP contribution in [0.5, 0.6) is 5.75 Å². The van der Waals surface area contributed by atoms with E-state index in [9.17, 15) is 24.6 Å². The van der Waals surface area contributed by atoms with Gasteiger partial charge in [-0.1, -0.05) is 49.4 Å². The third-order valence-electron chi connectivity index (χ3n) is 8.90. The molecule has 262 valence electrons. The molecule has 2 aromatic rings. The molecule has 0 radical (unpaired) electrons. The number of carbonyl (C=O) groups is 3. The molecule has 16 heteroatoms. The highest BCUT2D eigenvalue weighted by molar-refractivity contribution is 5.92. The zero-order chi connectivity index (χ0) is 34.3. The number of hydrogen-bond donors (Lipinski definition) is 6. The number of azide groups is 1. The van der Waals surface area contributed by atoms with Gasteiger partial charge in [-0.15, -0.1) is 0 Å². The molecule has 1 aromatic heterocycles. The fourth-order valence-electron chi connectivity index (χ4n) is 6.16. The molecular weight excluding hydrogens is 622 g/mol. The highest BCUT2D eigenvalue weighted by Crippen LogP contribution is 2.28. The van der Waals surface area contributed by atoms with Crippen LogP contribution in [0.4, 0.5) is 4.79 Å². The summed E-state index contributed by atoms with van der Waals surface area (Å²) in [6.45, 7) is 1.17. The molecule has 5 atom stereocenters. The van der Waals surface area contributed by atoms with Crippen molar-refractivity contribution < 1.29 is 34.1 Å². The van der Waals surface area contributed by atoms with Crippen LogP contribution in [0.25, 0.3) is 10.4 Å². The lowest BCUT2D eigenvalue weighted by molar-refractivity contribution is -0.131. The minimum absolute atomic E-state index is 0.0394. The van der Waals surface area contributed by atoms with E-state index >= 15 is 0 Å². The number of rotatable bonds is 16. The standard InChI is InChI=1S/C32H47N9O7/c1-47-24-9-7-22(8-10-24)16-26(39-32(46)41-11-13-48-14-12-41)30(44)38-27(17-23-18-34-20-35-23)31(45)37-25(15-21-5-3-2-4-6-21)29(43)28(42)19-36-40-33/h7-10,18,20-21,25-29,42-43H,2-6,11-17,19H2,1H3,(H,34,35)(H,37,45)(H,38,44)(H,39,46)/t25-,26+,27+,28-,29+/m1/s1. The van der Waals surface area contributed by atoms with Crippen molar-refractivity contribution in [3.8, 4) is 5.75 Å². The van der Waals surface area contributed by atoms with E-state index in [1.807, 2.05) is 0 Å². The summed E-state index contributed by atoms with van der Waals surface area (Å²) in [5.41, 5.74) is 10.1. The Morgan fingerprint density at radius 1 is 1.06 bits per heavy atom. The minimum Gasteiger partial charge on any atom is -0.497 e. The quantitative estimate of drug-likeness (QED) is 0.0872. The molecule has 0 bridgehead atoms. The Morgan fingerprint density at radius 3 is 2.40 bits per heavy atom. The lowest BCUT2D eigenvalue weighted by Crippen LogP contribution is -2.59. The molecule has 1 saturated carbocycles. The van der Waals surface area contributed by atoms with Crippen LogP contribution >= 0.6 is 0 Å². The van der Waals surface area contributed by atoms with Crippen LogP contribution in [0, 0.1) is 5.92 Å². The topological polar surface area (TPSA) is 227 Å². The predicted molar refractivity (Wildman–Crippen MR) is 175 cm³/mol. The smallest absolute Gasteiger partial charge is 0.318 e. The van der Waals surface area contributed by atoms with Gasteiger partial charge in [0, 0.05) is 42.7 Å². The number of nitrogens with zero attached hydrogens (tertiary/aromatic N) is 5. The molecule has 16 nitrogen and oxygen atoms in total. The highest BCUT2D eigenvalue weighted by Gasteiger charge is 2.34. The number of methoxy groups -OCH3 is 1. The van der Waals surface area contributed by atoms with Crippen molar-refractivity contribution in [1.29, 1.82) is 0 Å². The monoisotopic (exact) mass is 669 g/mol. The Balaban J connectivity index is 1.55. The zero-order valence-corrected chi connectivity index (χ0v) is 27.3. The van der Waals surface area contributed by atoms with Crippen LogP contribution in [0.15, 0.2) is 41.9 Å². The molecule has 6 N–H and O–H groups in total. The van der Waals surface area contributed by atoms with Crippen molar-refractivity contribution in [3.05, 3.63) is 58.5 Å². The fraction of sp³-hybridized carbons (Fsp3) is 0.625. The Hall–Kier alpha value is -4.37. The van der Waals surface area contributed by atoms with Crippen LogP contribution in [-0.4, -0.2) is 113 Å². The van der Waals surface area contributed by atoms with Gasteiger partial charge in [-0.2, -0.15) is 0 Å². The largest absolute Gasteiger partial charge is 0.497 e. The van der Waals surface area contributed by atoms with E-state index in [0.717, 1.165) is 37.7 Å². The second-order valence-electron chi connectivity index (χ2n) is 12.3. The number of ether oxygens (including phenoxy) is 2. The SMILES string of the molecule is COc1ccc(C[C@H](NC(=O)N2CCOCC2)C(=O)N[C@@H](Cc2cnc[nH]2)C(=O)N[C@H](CC2CCCCC2)[C@H](O)[C@H](O)CN=[N+]=[N-])cc1. The van der Waals surface area contributed by atoms with Crippen molar-refractivity contribution in [2.45, 2.75) is 81.7 Å². The van der Waals surface area contributed by atoms with Crippen molar-refractivity contribution in [1.82, 2.24) is 30.8 Å². The lowest BCUT2D eigenvalue weighted by Gasteiger charge is -2.33. The number of hydrogen-bond acceptors (Lipinski definition) is 9. The Morgan fingerprint density at radius 2 is 1.75 bits per heavy atom. The van der Waals surface area contributed by atoms with Crippen LogP contribution in [-0.2, 0) is 27.2 Å². The van der Waals surface area contributed by atoms with Gasteiger partial charge in [-0.25, -0.2) is 9.78 Å². The van der Waals surface area contributed by atoms with Crippen LogP contribution < -0.4 is 20.7 Å². The molecule has 2 heterocycles. The predicted octanol–water partition coefficient (Wildman–Crippen LogP) is 1.59. The summed E-state index contributed by atoms with van der Waals surface area (Å²) in [6, 6.07) is 3.65. The molecule has 4 amide bonds. The number of aliphatic hydroxyl groups excluding tert-OH is 2. The van der Waals surface area contributed by atoms with Gasteiger partial charge in [0.05, 0.1) is 45.3 Å². The van der Waals surface area contributed by atoms with Gasteiger partial charge < -0.3 is 45.5 Å². The van der Waals surface area contributed by atoms with Crippen LogP contribution in [0.3, 0.4) is 0 Å². The fourth-order valence-corrected chi connectivity index (χ4v) is 6.16. The van der Waals surface area contributed by atoms with Crippen LogP contribution in [0.2, 0.25) is 0 Å². The number of aromatic amines is 1. The van der Waals surface area contributed by atoms with E-state index in [2.05, 4.69) is 35.9 Å². The van der Waals surface area contributed by atoms with Crippen molar-refractivity contribution >= 4 is 17.8 Å². The third kappa shape index (κ3) is 11.1. The molecule has 2 aliphatic rings. The molecule has 48 heavy (non-hydrogen) atoms. The first-order valence-electron chi connectivity index (χ1n) is 16.5. The molecule has 0 unspecified atom stereocenters. The summed E-state index contributed by atoms with van der Waals surface area (Å²) < 4.78 is 10.6. The summed E-state index contributed by atoms with van der Waals surface area (Å²) in [5, 5.41) is 33.6. The Kier molecular flexibility index (Phi) is 14.3. The molecule has 1 aliphatic heterocycles. The number of nitrogens with one attached hydrogen (secondary N) is 4. The molecule has 0 spiro atoms. The molecular formula is C32H47N9O7. The highest BCUT2D eigenvalue weighted by atomic mass is 16.5. The van der Waals surface area contributed by atoms with Gasteiger partial charge in [-0.3, -0.25) is 9.59 Å². The van der Waals surface area contributed by atoms with Crippen molar-refractivity contribution in [2.75, 3.05) is 40.0 Å². The molecule has 1 saturated heterocycles. The zero-order valence-electron chi connectivity index (χ0n) is 27.3. The van der Waals surface area contributed by atoms with Gasteiger partial charge in [-0.05, 0) is 35.6 Å². The average molecular weight is 670 g/mol. The number of benzene rings is 1. The number of aliphatic hydroxyl groups is 2. The van der Waals surface area contributed by atoms with Crippen molar-refractivity contribution in [2.24, 2.45) is 11.0 Å². The molecule has 4 rings (SSSR count). The van der Waals surface area contributed by atoms with E-state index in [-0.39, 0.29) is 25.3 Å². The summed E-state index contributed by atoms with van der Waals surface area (Å²) in [4.78, 5) is 52.4. The Bertz CT molecular complexity index is 1340. The van der Waals surface area contributed by atoms with Gasteiger partial charge in [0.15, 0.2) is 0 Å². The number of carbonyl (C=O) groups excluding carboxylic acids is 3. The average Bonchev–Trinajstić information content (AvgIpc) is 3.63. The number of amides is 4. The van der Waals surface area contributed by atoms with Crippen molar-refractivity contribution in [3.63, 3.8) is 0 Å². The lowest BCUT2D eigenvalue weighted by atomic mass is 9.83. The third-order valence-corrected chi connectivity index (χ3v) is 8.90. The normalized spacial score (nSPS) is 18.4. The maximum atomic E-state index is 14.0. The van der Waals surface area contributed by atoms with Gasteiger partial charge in [0.25, 0.3) is 0 Å². The molecule has 2 fully saturated rings. The summed E-state index contributed by atoms with van der Waals surface area (Å²) in [7, 11) is 1.55. The van der Waals surface area contributed by atoms with E-state index < -0.39 is 48.2 Å². The minimum atomic E-state index is -1.42. The first-order valence-corrected chi connectivity index (χ1v) is 16.5. The molecule has 1 aromatic carbocycles. The number of H-pyrrole nitrogens is 1. The number of morpholine rings is 1. The van der Waals surface area contributed by atoms with Gasteiger partial charge in [0.2, 0.25) is 11.8 Å². The number of aromatic nitrogens is 2. The summed E-state index contributed by atoms with van der Waals surface area (Å²) in [5.74, 6) is -0.311. The number of urea groups is 1. The Labute approximate surface area is 279 Å². The van der Waals surface area contributed by atoms with E-state index in [4.69, 9.17) is 15.0 Å². The first kappa shape index (κ1) is 36.5. The van der Waals surface area contributed by atoms with Gasteiger partial charge >= 0.3 is 6.03 Å². The van der Waals surface area contributed by atoms with E-state index in [1.165, 1.54) is 6.33 Å². The maximum Gasteiger partial charge on any atom is 0.318 e.